The van der Waals surface area contributed by atoms with Crippen molar-refractivity contribution in [3.8, 4) is 0 Å². The first-order valence-electron chi connectivity index (χ1n) is 9.96. The van der Waals surface area contributed by atoms with Crippen LogP contribution in [0.1, 0.15) is 77.2 Å². The smallest absolute Gasteiger partial charge is 0.395 e. The second-order valence-electron chi connectivity index (χ2n) is 8.04. The number of hydrogen-bond donors (Lipinski definition) is 1. The Balaban J connectivity index is 2.32. The molecule has 1 aliphatic carbocycles. The summed E-state index contributed by atoms with van der Waals surface area (Å²) in [6.07, 6.45) is 2.32. The van der Waals surface area contributed by atoms with Crippen molar-refractivity contribution in [1.29, 1.82) is 0 Å². The van der Waals surface area contributed by atoms with Gasteiger partial charge in [-0.3, -0.25) is 0 Å². The van der Waals surface area contributed by atoms with Gasteiger partial charge in [-0.15, -0.1) is 0 Å². The summed E-state index contributed by atoms with van der Waals surface area (Å²) in [5.41, 5.74) is 7.93. The van der Waals surface area contributed by atoms with Crippen LogP contribution in [0.4, 0.5) is 24.5 Å². The summed E-state index contributed by atoms with van der Waals surface area (Å²) in [5.74, 6) is -0.962. The summed E-state index contributed by atoms with van der Waals surface area (Å²) in [7, 11) is 0. The minimum atomic E-state index is -4.23. The van der Waals surface area contributed by atoms with E-state index in [1.54, 1.807) is 19.1 Å². The largest absolute Gasteiger partial charge is 0.397 e. The highest BCUT2D eigenvalue weighted by Crippen LogP contribution is 2.41. The predicted molar refractivity (Wildman–Crippen MR) is 104 cm³/mol. The first-order valence-corrected chi connectivity index (χ1v) is 9.96. The highest BCUT2D eigenvalue weighted by molar-refractivity contribution is 5.69. The van der Waals surface area contributed by atoms with E-state index in [9.17, 15) is 13.2 Å². The molecule has 148 valence electrons. The zero-order chi connectivity index (χ0) is 19.3. The van der Waals surface area contributed by atoms with Crippen LogP contribution in [0.15, 0.2) is 18.2 Å². The maximum Gasteiger partial charge on any atom is 0.395 e. The first-order chi connectivity index (χ1) is 12.2. The van der Waals surface area contributed by atoms with E-state index in [2.05, 4.69) is 18.7 Å². The van der Waals surface area contributed by atoms with E-state index in [4.69, 9.17) is 5.73 Å². The number of nitrogen functional groups attached to an aromatic ring is 1. The molecule has 1 fully saturated rings. The number of alkyl halides is 3. The van der Waals surface area contributed by atoms with Crippen LogP contribution in [-0.4, -0.2) is 18.8 Å². The number of rotatable bonds is 7. The summed E-state index contributed by atoms with van der Waals surface area (Å²) in [6.45, 7) is 7.00. The van der Waals surface area contributed by atoms with Crippen molar-refractivity contribution >= 4 is 11.4 Å². The highest BCUT2D eigenvalue weighted by atomic mass is 19.4. The number of nitrogens with zero attached hydrogens (tertiary/aromatic N) is 1. The average molecular weight is 371 g/mol. The predicted octanol–water partition coefficient (Wildman–Crippen LogP) is 6.51. The fourth-order valence-electron chi connectivity index (χ4n) is 4.09. The molecule has 26 heavy (non-hydrogen) atoms. The van der Waals surface area contributed by atoms with Gasteiger partial charge in [0.1, 0.15) is 0 Å². The van der Waals surface area contributed by atoms with Gasteiger partial charge in [0.2, 0.25) is 0 Å². The van der Waals surface area contributed by atoms with Gasteiger partial charge in [0.05, 0.1) is 17.3 Å². The number of hydrogen-bond acceptors (Lipinski definition) is 2. The van der Waals surface area contributed by atoms with Gasteiger partial charge >= 0.3 is 6.18 Å². The van der Waals surface area contributed by atoms with Crippen molar-refractivity contribution in [2.45, 2.75) is 83.9 Å². The lowest BCUT2D eigenvalue weighted by molar-refractivity contribution is -0.152. The summed E-state index contributed by atoms with van der Waals surface area (Å²) < 4.78 is 40.2. The molecule has 0 bridgehead atoms. The van der Waals surface area contributed by atoms with Gasteiger partial charge < -0.3 is 10.6 Å². The normalized spacial score (nSPS) is 17.5. The van der Waals surface area contributed by atoms with Crippen molar-refractivity contribution in [2.75, 3.05) is 17.2 Å². The van der Waals surface area contributed by atoms with Gasteiger partial charge in [-0.25, -0.2) is 0 Å². The number of anilines is 2. The highest BCUT2D eigenvalue weighted by Gasteiger charge is 2.40. The first kappa shape index (κ1) is 20.9. The Morgan fingerprint density at radius 3 is 2.31 bits per heavy atom. The van der Waals surface area contributed by atoms with Crippen molar-refractivity contribution in [1.82, 2.24) is 0 Å². The van der Waals surface area contributed by atoms with E-state index < -0.39 is 12.1 Å². The Hall–Kier alpha value is -1.39. The van der Waals surface area contributed by atoms with Gasteiger partial charge in [0, 0.05) is 12.6 Å². The molecular formula is C21H33F3N2. The van der Waals surface area contributed by atoms with E-state index in [0.717, 1.165) is 25.1 Å². The molecule has 2 nitrogen and oxygen atoms in total. The van der Waals surface area contributed by atoms with Crippen LogP contribution in [0.5, 0.6) is 0 Å². The lowest BCUT2D eigenvalue weighted by Gasteiger charge is -2.38. The number of halogens is 3. The third kappa shape index (κ3) is 5.31. The summed E-state index contributed by atoms with van der Waals surface area (Å²) >= 11 is 0. The standard InChI is InChI=1S/C21H33F3N2/c1-4-8-18(21(22,23)24)16-11-12-20(19(25)13-16)26(14-15(2)3)17-9-6-5-7-10-17/h11-13,15,17-18H,4-10,14,25H2,1-3H3. The molecule has 0 radical (unpaired) electrons. The number of benzene rings is 1. The molecule has 0 spiro atoms. The zero-order valence-corrected chi connectivity index (χ0v) is 16.3. The van der Waals surface area contributed by atoms with E-state index in [1.165, 1.54) is 19.3 Å². The molecule has 2 rings (SSSR count). The van der Waals surface area contributed by atoms with E-state index in [-0.39, 0.29) is 12.0 Å². The molecular weight excluding hydrogens is 337 g/mol. The molecule has 2 N–H and O–H groups in total. The summed E-state index contributed by atoms with van der Waals surface area (Å²) in [4.78, 5) is 2.34. The summed E-state index contributed by atoms with van der Waals surface area (Å²) in [6, 6.07) is 5.44. The minimum absolute atomic E-state index is 0.0978. The third-order valence-electron chi connectivity index (χ3n) is 5.31. The maximum atomic E-state index is 13.4. The summed E-state index contributed by atoms with van der Waals surface area (Å²) in [5, 5.41) is 0. The van der Waals surface area contributed by atoms with Crippen molar-refractivity contribution < 1.29 is 13.2 Å². The van der Waals surface area contributed by atoms with Crippen LogP contribution in [-0.2, 0) is 0 Å². The van der Waals surface area contributed by atoms with Crippen molar-refractivity contribution in [2.24, 2.45) is 5.92 Å². The van der Waals surface area contributed by atoms with Crippen LogP contribution in [0.2, 0.25) is 0 Å². The van der Waals surface area contributed by atoms with Gasteiger partial charge in [-0.1, -0.05) is 52.5 Å². The molecule has 0 heterocycles. The fraction of sp³-hybridized carbons (Fsp3) is 0.714. The van der Waals surface area contributed by atoms with Gasteiger partial charge in [0.25, 0.3) is 0 Å². The quantitative estimate of drug-likeness (QED) is 0.554. The molecule has 0 aromatic heterocycles. The lowest BCUT2D eigenvalue weighted by Crippen LogP contribution is -2.39. The topological polar surface area (TPSA) is 29.3 Å². The Morgan fingerprint density at radius 2 is 1.81 bits per heavy atom. The second-order valence-corrected chi connectivity index (χ2v) is 8.04. The lowest BCUT2D eigenvalue weighted by atomic mass is 9.91. The molecule has 1 saturated carbocycles. The van der Waals surface area contributed by atoms with Crippen LogP contribution in [0, 0.1) is 5.92 Å². The molecule has 1 aromatic rings. The van der Waals surface area contributed by atoms with Gasteiger partial charge in [0.15, 0.2) is 0 Å². The number of nitrogens with two attached hydrogens (primary N) is 1. The molecule has 5 heteroatoms. The van der Waals surface area contributed by atoms with Crippen LogP contribution < -0.4 is 10.6 Å². The molecule has 0 aliphatic heterocycles. The molecule has 1 unspecified atom stereocenters. The Labute approximate surface area is 155 Å². The second kappa shape index (κ2) is 9.01. The molecule has 1 aromatic carbocycles. The Kier molecular flexibility index (Phi) is 7.24. The maximum absolute atomic E-state index is 13.4. The van der Waals surface area contributed by atoms with Crippen molar-refractivity contribution in [3.05, 3.63) is 23.8 Å². The fourth-order valence-corrected chi connectivity index (χ4v) is 4.09. The molecule has 1 aliphatic rings. The van der Waals surface area contributed by atoms with E-state index in [0.29, 0.717) is 24.1 Å². The van der Waals surface area contributed by atoms with Crippen LogP contribution in [0.3, 0.4) is 0 Å². The monoisotopic (exact) mass is 370 g/mol. The van der Waals surface area contributed by atoms with E-state index >= 15 is 0 Å². The Bertz CT molecular complexity index is 563. The SMILES string of the molecule is CCCC(c1ccc(N(CC(C)C)C2CCCCC2)c(N)c1)C(F)(F)F. The van der Waals surface area contributed by atoms with Crippen molar-refractivity contribution in [3.63, 3.8) is 0 Å². The third-order valence-corrected chi connectivity index (χ3v) is 5.31. The van der Waals surface area contributed by atoms with Crippen LogP contribution >= 0.6 is 0 Å². The molecule has 0 amide bonds. The van der Waals surface area contributed by atoms with E-state index in [1.807, 2.05) is 6.07 Å². The van der Waals surface area contributed by atoms with Crippen LogP contribution in [0.25, 0.3) is 0 Å². The minimum Gasteiger partial charge on any atom is -0.397 e. The zero-order valence-electron chi connectivity index (χ0n) is 16.3. The van der Waals surface area contributed by atoms with Gasteiger partial charge in [-0.05, 0) is 42.9 Å². The molecule has 1 atom stereocenters. The average Bonchev–Trinajstić information content (AvgIpc) is 2.57. The van der Waals surface area contributed by atoms with Gasteiger partial charge in [-0.2, -0.15) is 13.2 Å². The Morgan fingerprint density at radius 1 is 1.15 bits per heavy atom. The molecule has 0 saturated heterocycles.